The first kappa shape index (κ1) is 13.4. The molecular weight excluding hydrogens is 166 g/mol. The molecule has 56 valence electrons. The minimum Gasteiger partial charge on any atom is -1.00 e. The molecule has 0 fully saturated rings. The van der Waals surface area contributed by atoms with E-state index in [4.69, 9.17) is 9.79 Å². The van der Waals surface area contributed by atoms with Crippen LogP contribution in [0.25, 0.3) is 0 Å². The van der Waals surface area contributed by atoms with Crippen LogP contribution in [0.1, 0.15) is 21.2 Å². The second kappa shape index (κ2) is 5.47. The van der Waals surface area contributed by atoms with Crippen molar-refractivity contribution in [2.45, 2.75) is 19.8 Å². The Bertz CT molecular complexity index is 156. The van der Waals surface area contributed by atoms with Crippen molar-refractivity contribution in [1.82, 2.24) is 0 Å². The molecule has 0 spiro atoms. The van der Waals surface area contributed by atoms with Gasteiger partial charge in [-0.25, -0.2) is 0 Å². The third-order valence-corrected chi connectivity index (χ3v) is 1.66. The molecule has 0 heterocycles. The SMILES string of the molecule is CCCC(=O)P(=O)(O)O.[H-].[Na+]. The Morgan fingerprint density at radius 1 is 1.60 bits per heavy atom. The number of hydrogen-bond acceptors (Lipinski definition) is 2. The van der Waals surface area contributed by atoms with Gasteiger partial charge in [-0.05, 0) is 6.42 Å². The quantitative estimate of drug-likeness (QED) is 0.371. The fourth-order valence-corrected chi connectivity index (χ4v) is 0.874. The smallest absolute Gasteiger partial charge is 1.00 e. The molecule has 0 aromatic heterocycles. The predicted octanol–water partition coefficient (Wildman–Crippen LogP) is -2.39. The van der Waals surface area contributed by atoms with Crippen molar-refractivity contribution in [1.29, 1.82) is 0 Å². The van der Waals surface area contributed by atoms with E-state index in [2.05, 4.69) is 0 Å². The Kier molecular flexibility index (Phi) is 7.33. The first-order valence-electron chi connectivity index (χ1n) is 2.57. The first-order chi connectivity index (χ1) is 3.98. The van der Waals surface area contributed by atoms with Crippen molar-refractivity contribution >= 4 is 13.1 Å². The molecule has 0 atom stereocenters. The number of carbonyl (C=O) groups is 1. The van der Waals surface area contributed by atoms with E-state index in [1.807, 2.05) is 0 Å². The number of carbonyl (C=O) groups excluding carboxylic acids is 1. The molecule has 2 N–H and O–H groups in total. The van der Waals surface area contributed by atoms with Crippen LogP contribution in [0.3, 0.4) is 0 Å². The Morgan fingerprint density at radius 2 is 2.00 bits per heavy atom. The van der Waals surface area contributed by atoms with E-state index in [0.29, 0.717) is 6.42 Å². The van der Waals surface area contributed by atoms with Gasteiger partial charge in [0.15, 0.2) is 0 Å². The number of hydrogen-bond donors (Lipinski definition) is 2. The summed E-state index contributed by atoms with van der Waals surface area (Å²) in [4.78, 5) is 26.7. The maximum absolute atomic E-state index is 10.3. The topological polar surface area (TPSA) is 74.6 Å². The van der Waals surface area contributed by atoms with E-state index in [9.17, 15) is 9.36 Å². The van der Waals surface area contributed by atoms with Crippen LogP contribution in [-0.4, -0.2) is 15.3 Å². The molecule has 0 saturated carbocycles. The molecule has 0 aromatic carbocycles. The van der Waals surface area contributed by atoms with Crippen LogP contribution >= 0.6 is 7.60 Å². The maximum atomic E-state index is 10.3. The van der Waals surface area contributed by atoms with Crippen LogP contribution < -0.4 is 29.6 Å². The zero-order valence-electron chi connectivity index (χ0n) is 7.07. The monoisotopic (exact) mass is 176 g/mol. The maximum Gasteiger partial charge on any atom is 1.00 e. The van der Waals surface area contributed by atoms with Gasteiger partial charge in [-0.3, -0.25) is 9.36 Å². The van der Waals surface area contributed by atoms with Crippen LogP contribution in [0.2, 0.25) is 0 Å². The molecule has 0 amide bonds. The van der Waals surface area contributed by atoms with Gasteiger partial charge in [0.25, 0.3) is 0 Å². The molecule has 0 unspecified atom stereocenters. The van der Waals surface area contributed by atoms with Crippen LogP contribution in [0.15, 0.2) is 0 Å². The molecular formula is C4H10NaO4P. The molecule has 0 rings (SSSR count). The molecule has 0 radical (unpaired) electrons. The van der Waals surface area contributed by atoms with Gasteiger partial charge in [-0.2, -0.15) is 0 Å². The van der Waals surface area contributed by atoms with Crippen molar-refractivity contribution in [3.63, 3.8) is 0 Å². The zero-order valence-corrected chi connectivity index (χ0v) is 8.97. The Morgan fingerprint density at radius 3 is 2.10 bits per heavy atom. The van der Waals surface area contributed by atoms with Gasteiger partial charge >= 0.3 is 37.2 Å². The van der Waals surface area contributed by atoms with E-state index < -0.39 is 13.1 Å². The zero-order chi connectivity index (χ0) is 7.49. The summed E-state index contributed by atoms with van der Waals surface area (Å²) in [5.74, 6) is 0. The summed E-state index contributed by atoms with van der Waals surface area (Å²) >= 11 is 0. The average molecular weight is 176 g/mol. The van der Waals surface area contributed by atoms with E-state index in [-0.39, 0.29) is 37.4 Å². The van der Waals surface area contributed by atoms with Crippen LogP contribution in [0, 0.1) is 0 Å². The largest absolute Gasteiger partial charge is 1.00 e. The van der Waals surface area contributed by atoms with E-state index in [1.165, 1.54) is 0 Å². The minimum absolute atomic E-state index is 0. The van der Waals surface area contributed by atoms with Gasteiger partial charge in [0, 0.05) is 6.42 Å². The second-order valence-electron chi connectivity index (χ2n) is 1.69. The Labute approximate surface area is 82.9 Å². The van der Waals surface area contributed by atoms with Crippen molar-refractivity contribution in [3.8, 4) is 0 Å². The molecule has 0 aliphatic heterocycles. The van der Waals surface area contributed by atoms with Gasteiger partial charge in [0.1, 0.15) is 0 Å². The van der Waals surface area contributed by atoms with E-state index in [1.54, 1.807) is 6.92 Å². The summed E-state index contributed by atoms with van der Waals surface area (Å²) < 4.78 is 10.1. The predicted molar refractivity (Wildman–Crippen MR) is 33.1 cm³/mol. The summed E-state index contributed by atoms with van der Waals surface area (Å²) in [7, 11) is -4.41. The number of rotatable bonds is 3. The van der Waals surface area contributed by atoms with Gasteiger partial charge in [-0.15, -0.1) is 0 Å². The molecule has 0 saturated heterocycles. The average Bonchev–Trinajstić information content (AvgIpc) is 1.64. The molecule has 0 bridgehead atoms. The molecule has 0 aromatic rings. The standard InChI is InChI=1S/C4H9O4P.Na.H/c1-2-3-4(5)9(6,7)8;;/h2-3H2,1H3,(H2,6,7,8);;/q;+1;-1. The van der Waals surface area contributed by atoms with Crippen molar-refractivity contribution in [2.75, 3.05) is 0 Å². The molecule has 0 aliphatic carbocycles. The first-order valence-corrected chi connectivity index (χ1v) is 4.18. The van der Waals surface area contributed by atoms with Crippen LogP contribution in [0.4, 0.5) is 0 Å². The fraction of sp³-hybridized carbons (Fsp3) is 0.750. The van der Waals surface area contributed by atoms with Gasteiger partial charge in [0.2, 0.25) is 5.52 Å². The van der Waals surface area contributed by atoms with Gasteiger partial charge in [-0.1, -0.05) is 6.92 Å². The Hall–Kier alpha value is 0.820. The van der Waals surface area contributed by atoms with E-state index >= 15 is 0 Å². The van der Waals surface area contributed by atoms with Crippen LogP contribution in [-0.2, 0) is 9.36 Å². The third-order valence-electron chi connectivity index (χ3n) is 0.789. The minimum atomic E-state index is -4.41. The second-order valence-corrected chi connectivity index (χ2v) is 3.27. The summed E-state index contributed by atoms with van der Waals surface area (Å²) in [6.07, 6.45) is 0.439. The summed E-state index contributed by atoms with van der Waals surface area (Å²) in [6, 6.07) is 0. The molecule has 6 heteroatoms. The summed E-state index contributed by atoms with van der Waals surface area (Å²) in [5.41, 5.74) is -0.968. The Balaban J connectivity index is -0.000000320. The van der Waals surface area contributed by atoms with Crippen molar-refractivity contribution in [3.05, 3.63) is 0 Å². The van der Waals surface area contributed by atoms with E-state index in [0.717, 1.165) is 0 Å². The molecule has 4 nitrogen and oxygen atoms in total. The molecule has 10 heavy (non-hydrogen) atoms. The van der Waals surface area contributed by atoms with Crippen molar-refractivity contribution in [2.24, 2.45) is 0 Å². The fourth-order valence-electron chi connectivity index (χ4n) is 0.360. The normalized spacial score (nSPS) is 10.3. The van der Waals surface area contributed by atoms with Crippen molar-refractivity contribution < 1.29 is 50.1 Å². The summed E-state index contributed by atoms with van der Waals surface area (Å²) in [6.45, 7) is 1.69. The third kappa shape index (κ3) is 5.59. The van der Waals surface area contributed by atoms with Crippen LogP contribution in [0.5, 0.6) is 0 Å². The van der Waals surface area contributed by atoms with Gasteiger partial charge in [0.05, 0.1) is 0 Å². The molecule has 0 aliphatic rings. The summed E-state index contributed by atoms with van der Waals surface area (Å²) in [5, 5.41) is 0. The van der Waals surface area contributed by atoms with Gasteiger partial charge < -0.3 is 11.2 Å².